The van der Waals surface area contributed by atoms with Crippen LogP contribution in [0.5, 0.6) is 17.2 Å². The Morgan fingerprint density at radius 3 is 2.47 bits per heavy atom. The Labute approximate surface area is 114 Å². The van der Waals surface area contributed by atoms with Crippen LogP contribution in [0.3, 0.4) is 0 Å². The first-order valence-corrected chi connectivity index (χ1v) is 6.76. The molecule has 0 aliphatic rings. The molecule has 2 rings (SSSR count). The van der Waals surface area contributed by atoms with Crippen LogP contribution in [-0.2, 0) is 6.42 Å². The zero-order chi connectivity index (χ0) is 13.7. The summed E-state index contributed by atoms with van der Waals surface area (Å²) in [6.07, 6.45) is 3.15. The normalized spacial score (nSPS) is 10.4. The van der Waals surface area contributed by atoms with Gasteiger partial charge in [0, 0.05) is 5.56 Å². The third-order valence-electron chi connectivity index (χ3n) is 3.22. The van der Waals surface area contributed by atoms with Crippen LogP contribution in [0.4, 0.5) is 0 Å². The fraction of sp³-hybridized carbons (Fsp3) is 0.294. The lowest BCUT2D eigenvalue weighted by Crippen LogP contribution is -1.96. The Bertz CT molecular complexity index is 532. The van der Waals surface area contributed by atoms with Crippen molar-refractivity contribution in [3.05, 3.63) is 53.6 Å². The molecule has 0 bridgehead atoms. The van der Waals surface area contributed by atoms with Gasteiger partial charge in [-0.15, -0.1) is 0 Å². The topological polar surface area (TPSA) is 29.5 Å². The van der Waals surface area contributed by atoms with Crippen LogP contribution >= 0.6 is 0 Å². The number of phenolic OH excluding ortho intramolecular Hbond substituents is 1. The van der Waals surface area contributed by atoms with Crippen LogP contribution in [0, 0.1) is 6.92 Å². The van der Waals surface area contributed by atoms with Gasteiger partial charge in [-0.25, -0.2) is 0 Å². The average Bonchev–Trinajstić information content (AvgIpc) is 2.43. The second-order valence-corrected chi connectivity index (χ2v) is 4.73. The fourth-order valence-electron chi connectivity index (χ4n) is 2.10. The van der Waals surface area contributed by atoms with Gasteiger partial charge >= 0.3 is 0 Å². The van der Waals surface area contributed by atoms with Gasteiger partial charge in [0.2, 0.25) is 0 Å². The lowest BCUT2D eigenvalue weighted by molar-refractivity contribution is 0.406. The van der Waals surface area contributed by atoms with Crippen molar-refractivity contribution in [3.63, 3.8) is 0 Å². The van der Waals surface area contributed by atoms with Gasteiger partial charge < -0.3 is 9.84 Å². The number of rotatable bonds is 5. The lowest BCUT2D eigenvalue weighted by atomic mass is 10.0. The predicted molar refractivity (Wildman–Crippen MR) is 78.0 cm³/mol. The molecule has 0 atom stereocenters. The first-order chi connectivity index (χ1) is 9.22. The summed E-state index contributed by atoms with van der Waals surface area (Å²) in [6, 6.07) is 13.2. The van der Waals surface area contributed by atoms with E-state index in [1.165, 1.54) is 0 Å². The van der Waals surface area contributed by atoms with Crippen molar-refractivity contribution in [1.82, 2.24) is 0 Å². The highest BCUT2D eigenvalue weighted by Crippen LogP contribution is 2.36. The largest absolute Gasteiger partial charge is 0.504 e. The Balaban J connectivity index is 2.34. The lowest BCUT2D eigenvalue weighted by Gasteiger charge is -2.15. The molecule has 0 amide bonds. The van der Waals surface area contributed by atoms with Crippen molar-refractivity contribution in [3.8, 4) is 17.2 Å². The third kappa shape index (κ3) is 3.28. The van der Waals surface area contributed by atoms with Gasteiger partial charge in [0.05, 0.1) is 0 Å². The van der Waals surface area contributed by atoms with E-state index in [9.17, 15) is 5.11 Å². The number of unbranched alkanes of at least 4 members (excludes halogenated alkanes) is 1. The van der Waals surface area contributed by atoms with Crippen molar-refractivity contribution < 1.29 is 9.84 Å². The molecular weight excluding hydrogens is 236 g/mol. The van der Waals surface area contributed by atoms with Crippen molar-refractivity contribution in [2.45, 2.75) is 33.1 Å². The number of aromatic hydroxyl groups is 1. The minimum atomic E-state index is 0.209. The molecule has 0 aromatic heterocycles. The van der Waals surface area contributed by atoms with Crippen LogP contribution in [-0.4, -0.2) is 5.11 Å². The SMILES string of the molecule is CCCCc1c(C)ccc(O)c1Oc1ccccc1. The Kier molecular flexibility index (Phi) is 4.45. The van der Waals surface area contributed by atoms with Crippen LogP contribution in [0.1, 0.15) is 30.9 Å². The molecule has 2 nitrogen and oxygen atoms in total. The molecule has 0 saturated heterocycles. The molecule has 2 aromatic rings. The van der Waals surface area contributed by atoms with Gasteiger partial charge in [0.1, 0.15) is 5.75 Å². The van der Waals surface area contributed by atoms with Gasteiger partial charge in [-0.2, -0.15) is 0 Å². The third-order valence-corrected chi connectivity index (χ3v) is 3.22. The number of benzene rings is 2. The molecule has 0 spiro atoms. The van der Waals surface area contributed by atoms with E-state index in [0.717, 1.165) is 36.1 Å². The molecular formula is C17H20O2. The molecule has 1 N–H and O–H groups in total. The van der Waals surface area contributed by atoms with Crippen LogP contribution in [0.15, 0.2) is 42.5 Å². The number of para-hydroxylation sites is 1. The molecule has 0 radical (unpaired) electrons. The number of hydrogen-bond acceptors (Lipinski definition) is 2. The summed E-state index contributed by atoms with van der Waals surface area (Å²) >= 11 is 0. The molecule has 2 heteroatoms. The monoisotopic (exact) mass is 256 g/mol. The fourth-order valence-corrected chi connectivity index (χ4v) is 2.10. The molecule has 0 aliphatic heterocycles. The molecule has 0 heterocycles. The van der Waals surface area contributed by atoms with Crippen molar-refractivity contribution in [1.29, 1.82) is 0 Å². The van der Waals surface area contributed by atoms with E-state index in [2.05, 4.69) is 13.8 Å². The number of aryl methyl sites for hydroxylation is 1. The molecule has 0 saturated carbocycles. The average molecular weight is 256 g/mol. The van der Waals surface area contributed by atoms with E-state index in [0.29, 0.717) is 5.75 Å². The molecule has 100 valence electrons. The van der Waals surface area contributed by atoms with Gasteiger partial charge in [0.25, 0.3) is 0 Å². The van der Waals surface area contributed by atoms with Gasteiger partial charge in [-0.3, -0.25) is 0 Å². The second-order valence-electron chi connectivity index (χ2n) is 4.73. The van der Waals surface area contributed by atoms with Crippen LogP contribution < -0.4 is 4.74 Å². The van der Waals surface area contributed by atoms with Crippen molar-refractivity contribution in [2.75, 3.05) is 0 Å². The van der Waals surface area contributed by atoms with E-state index in [1.807, 2.05) is 36.4 Å². The molecule has 19 heavy (non-hydrogen) atoms. The maximum absolute atomic E-state index is 10.1. The highest BCUT2D eigenvalue weighted by molar-refractivity contribution is 5.51. The summed E-state index contributed by atoms with van der Waals surface area (Å²) in [5.74, 6) is 1.56. The van der Waals surface area contributed by atoms with Crippen molar-refractivity contribution >= 4 is 0 Å². The van der Waals surface area contributed by atoms with Crippen molar-refractivity contribution in [2.24, 2.45) is 0 Å². The number of ether oxygens (including phenoxy) is 1. The van der Waals surface area contributed by atoms with E-state index in [-0.39, 0.29) is 5.75 Å². The van der Waals surface area contributed by atoms with E-state index in [4.69, 9.17) is 4.74 Å². The number of hydrogen-bond donors (Lipinski definition) is 1. The Morgan fingerprint density at radius 1 is 1.05 bits per heavy atom. The smallest absolute Gasteiger partial charge is 0.172 e. The van der Waals surface area contributed by atoms with E-state index in [1.54, 1.807) is 6.07 Å². The highest BCUT2D eigenvalue weighted by atomic mass is 16.5. The van der Waals surface area contributed by atoms with E-state index < -0.39 is 0 Å². The van der Waals surface area contributed by atoms with Gasteiger partial charge in [-0.1, -0.05) is 37.6 Å². The Morgan fingerprint density at radius 2 is 1.79 bits per heavy atom. The highest BCUT2D eigenvalue weighted by Gasteiger charge is 2.12. The molecule has 0 unspecified atom stereocenters. The van der Waals surface area contributed by atoms with E-state index >= 15 is 0 Å². The minimum absolute atomic E-state index is 0.209. The molecule has 0 aliphatic carbocycles. The summed E-state index contributed by atoms with van der Waals surface area (Å²) in [6.45, 7) is 4.22. The van der Waals surface area contributed by atoms with Gasteiger partial charge in [-0.05, 0) is 43.5 Å². The maximum atomic E-state index is 10.1. The summed E-state index contributed by atoms with van der Waals surface area (Å²) in [7, 11) is 0. The standard InChI is InChI=1S/C17H20O2/c1-3-4-10-15-13(2)11-12-16(18)17(15)19-14-8-6-5-7-9-14/h5-9,11-12,18H,3-4,10H2,1-2H3. The minimum Gasteiger partial charge on any atom is -0.504 e. The van der Waals surface area contributed by atoms with Crippen LogP contribution in [0.25, 0.3) is 0 Å². The van der Waals surface area contributed by atoms with Gasteiger partial charge in [0.15, 0.2) is 11.5 Å². The zero-order valence-corrected chi connectivity index (χ0v) is 11.5. The summed E-state index contributed by atoms with van der Waals surface area (Å²) in [5.41, 5.74) is 2.27. The summed E-state index contributed by atoms with van der Waals surface area (Å²) in [4.78, 5) is 0. The van der Waals surface area contributed by atoms with Crippen LogP contribution in [0.2, 0.25) is 0 Å². The quantitative estimate of drug-likeness (QED) is 0.829. The number of phenols is 1. The predicted octanol–water partition coefficient (Wildman–Crippen LogP) is 4.84. The summed E-state index contributed by atoms with van der Waals surface area (Å²) in [5, 5.41) is 10.1. The molecule has 0 fully saturated rings. The molecule has 2 aromatic carbocycles. The first-order valence-electron chi connectivity index (χ1n) is 6.76. The maximum Gasteiger partial charge on any atom is 0.172 e. The Hall–Kier alpha value is -1.96. The second kappa shape index (κ2) is 6.28. The summed E-state index contributed by atoms with van der Waals surface area (Å²) < 4.78 is 5.87. The zero-order valence-electron chi connectivity index (χ0n) is 11.5. The first kappa shape index (κ1) is 13.5.